The first-order valence-corrected chi connectivity index (χ1v) is 7.30. The number of methoxy groups -OCH3 is 1. The van der Waals surface area contributed by atoms with Crippen LogP contribution in [-0.4, -0.2) is 24.1 Å². The highest BCUT2D eigenvalue weighted by Crippen LogP contribution is 2.30. The minimum absolute atomic E-state index is 0.858. The normalized spacial score (nSPS) is 10.5. The van der Waals surface area contributed by atoms with Gasteiger partial charge in [-0.2, -0.15) is 0 Å². The fraction of sp³-hybridized carbons (Fsp3) is 0.412. The van der Waals surface area contributed by atoms with Gasteiger partial charge in [-0.25, -0.2) is 9.97 Å². The summed E-state index contributed by atoms with van der Waals surface area (Å²) in [5.74, 6) is 2.65. The van der Waals surface area contributed by atoms with Gasteiger partial charge in [0.15, 0.2) is 0 Å². The van der Waals surface area contributed by atoms with E-state index >= 15 is 0 Å². The zero-order valence-electron chi connectivity index (χ0n) is 13.4. The number of aryl methyl sites for hydroxylation is 3. The summed E-state index contributed by atoms with van der Waals surface area (Å²) in [4.78, 5) is 9.21. The van der Waals surface area contributed by atoms with E-state index < -0.39 is 0 Å². The van der Waals surface area contributed by atoms with E-state index in [1.807, 2.05) is 13.1 Å². The molecule has 0 atom stereocenters. The van der Waals surface area contributed by atoms with E-state index in [2.05, 4.69) is 43.2 Å². The van der Waals surface area contributed by atoms with Crippen LogP contribution in [0.25, 0.3) is 11.3 Å². The topological polar surface area (TPSA) is 47.0 Å². The number of nitrogens with zero attached hydrogens (tertiary/aromatic N) is 2. The van der Waals surface area contributed by atoms with E-state index in [9.17, 15) is 0 Å². The highest BCUT2D eigenvalue weighted by molar-refractivity contribution is 5.68. The van der Waals surface area contributed by atoms with Crippen molar-refractivity contribution in [3.05, 3.63) is 35.2 Å². The van der Waals surface area contributed by atoms with Crippen LogP contribution in [0, 0.1) is 13.8 Å². The van der Waals surface area contributed by atoms with Crippen LogP contribution in [0.1, 0.15) is 30.3 Å². The number of ether oxygens (including phenoxy) is 1. The lowest BCUT2D eigenvalue weighted by atomic mass is 10.0. The molecule has 0 radical (unpaired) electrons. The lowest BCUT2D eigenvalue weighted by Crippen LogP contribution is -2.02. The van der Waals surface area contributed by atoms with Crippen LogP contribution in [0.4, 0.5) is 5.82 Å². The molecule has 1 heterocycles. The summed E-state index contributed by atoms with van der Waals surface area (Å²) in [6.45, 7) is 6.27. The highest BCUT2D eigenvalue weighted by Gasteiger charge is 2.11. The van der Waals surface area contributed by atoms with E-state index in [1.54, 1.807) is 7.11 Å². The van der Waals surface area contributed by atoms with Gasteiger partial charge >= 0.3 is 0 Å². The summed E-state index contributed by atoms with van der Waals surface area (Å²) in [6, 6.07) is 6.18. The fourth-order valence-corrected chi connectivity index (χ4v) is 2.38. The standard InChI is InChI=1S/C17H23N3O/c1-6-7-16-19-14(10-17(18-4)20-16)13-8-12(3)15(21-5)9-11(13)2/h8-10H,6-7H2,1-5H3,(H,18,19,20). The van der Waals surface area contributed by atoms with Crippen molar-refractivity contribution in [2.75, 3.05) is 19.5 Å². The lowest BCUT2D eigenvalue weighted by Gasteiger charge is -2.13. The number of anilines is 1. The molecule has 1 aromatic heterocycles. The predicted molar refractivity (Wildman–Crippen MR) is 87.0 cm³/mol. The Kier molecular flexibility index (Phi) is 4.78. The Labute approximate surface area is 126 Å². The second-order valence-electron chi connectivity index (χ2n) is 5.19. The number of benzene rings is 1. The van der Waals surface area contributed by atoms with Crippen molar-refractivity contribution in [3.8, 4) is 17.0 Å². The van der Waals surface area contributed by atoms with Crippen molar-refractivity contribution in [1.29, 1.82) is 0 Å². The molecular weight excluding hydrogens is 262 g/mol. The third kappa shape index (κ3) is 3.32. The summed E-state index contributed by atoms with van der Waals surface area (Å²) in [6.07, 6.45) is 1.92. The van der Waals surface area contributed by atoms with Crippen molar-refractivity contribution in [2.45, 2.75) is 33.6 Å². The Balaban J connectivity index is 2.55. The van der Waals surface area contributed by atoms with E-state index in [-0.39, 0.29) is 0 Å². The summed E-state index contributed by atoms with van der Waals surface area (Å²) in [5.41, 5.74) is 4.35. The van der Waals surface area contributed by atoms with Crippen LogP contribution in [0.5, 0.6) is 5.75 Å². The van der Waals surface area contributed by atoms with Gasteiger partial charge in [0.2, 0.25) is 0 Å². The smallest absolute Gasteiger partial charge is 0.131 e. The highest BCUT2D eigenvalue weighted by atomic mass is 16.5. The summed E-state index contributed by atoms with van der Waals surface area (Å²) >= 11 is 0. The third-order valence-corrected chi connectivity index (χ3v) is 3.52. The van der Waals surface area contributed by atoms with Crippen molar-refractivity contribution in [2.24, 2.45) is 0 Å². The van der Waals surface area contributed by atoms with Gasteiger partial charge in [-0.3, -0.25) is 0 Å². The molecule has 0 fully saturated rings. The van der Waals surface area contributed by atoms with Gasteiger partial charge in [-0.05, 0) is 43.5 Å². The number of nitrogens with one attached hydrogen (secondary N) is 1. The summed E-state index contributed by atoms with van der Waals surface area (Å²) < 4.78 is 5.38. The first-order valence-electron chi connectivity index (χ1n) is 7.30. The molecule has 0 saturated carbocycles. The fourth-order valence-electron chi connectivity index (χ4n) is 2.38. The Hall–Kier alpha value is -2.10. The molecule has 0 spiro atoms. The average molecular weight is 285 g/mol. The molecule has 0 aliphatic heterocycles. The Morgan fingerprint density at radius 1 is 1.10 bits per heavy atom. The number of aromatic nitrogens is 2. The minimum atomic E-state index is 0.858. The molecule has 4 nitrogen and oxygen atoms in total. The van der Waals surface area contributed by atoms with Crippen molar-refractivity contribution >= 4 is 5.82 Å². The molecule has 1 aromatic carbocycles. The van der Waals surface area contributed by atoms with Crippen molar-refractivity contribution in [1.82, 2.24) is 9.97 Å². The largest absolute Gasteiger partial charge is 0.496 e. The molecule has 21 heavy (non-hydrogen) atoms. The zero-order valence-corrected chi connectivity index (χ0v) is 13.4. The molecule has 2 aromatic rings. The van der Waals surface area contributed by atoms with E-state index in [4.69, 9.17) is 9.72 Å². The molecule has 0 bridgehead atoms. The molecular formula is C17H23N3O. The van der Waals surface area contributed by atoms with Crippen LogP contribution in [0.3, 0.4) is 0 Å². The van der Waals surface area contributed by atoms with Gasteiger partial charge in [-0.15, -0.1) is 0 Å². The van der Waals surface area contributed by atoms with Gasteiger partial charge in [0, 0.05) is 25.1 Å². The van der Waals surface area contributed by atoms with E-state index in [0.29, 0.717) is 0 Å². The molecule has 4 heteroatoms. The van der Waals surface area contributed by atoms with Crippen molar-refractivity contribution < 1.29 is 4.74 Å². The van der Waals surface area contributed by atoms with Gasteiger partial charge < -0.3 is 10.1 Å². The van der Waals surface area contributed by atoms with E-state index in [1.165, 1.54) is 0 Å². The molecule has 0 aliphatic rings. The monoisotopic (exact) mass is 285 g/mol. The first-order chi connectivity index (χ1) is 10.1. The Morgan fingerprint density at radius 2 is 1.86 bits per heavy atom. The minimum Gasteiger partial charge on any atom is -0.496 e. The molecule has 112 valence electrons. The molecule has 0 saturated heterocycles. The van der Waals surface area contributed by atoms with Crippen molar-refractivity contribution in [3.63, 3.8) is 0 Å². The first kappa shape index (κ1) is 15.3. The van der Waals surface area contributed by atoms with E-state index in [0.717, 1.165) is 52.6 Å². The van der Waals surface area contributed by atoms with Crippen LogP contribution < -0.4 is 10.1 Å². The molecule has 0 unspecified atom stereocenters. The SMILES string of the molecule is CCCc1nc(NC)cc(-c2cc(C)c(OC)cc2C)n1. The van der Waals surface area contributed by atoms with Crippen LogP contribution in [-0.2, 0) is 6.42 Å². The van der Waals surface area contributed by atoms with Crippen LogP contribution in [0.2, 0.25) is 0 Å². The second kappa shape index (κ2) is 6.57. The molecule has 1 N–H and O–H groups in total. The van der Waals surface area contributed by atoms with Gasteiger partial charge in [-0.1, -0.05) is 6.92 Å². The molecule has 0 aliphatic carbocycles. The molecule has 2 rings (SSSR count). The average Bonchev–Trinajstić information content (AvgIpc) is 2.49. The van der Waals surface area contributed by atoms with Gasteiger partial charge in [0.25, 0.3) is 0 Å². The predicted octanol–water partition coefficient (Wildman–Crippen LogP) is 3.76. The van der Waals surface area contributed by atoms with Gasteiger partial charge in [0.05, 0.1) is 12.8 Å². The number of hydrogen-bond donors (Lipinski definition) is 1. The lowest BCUT2D eigenvalue weighted by molar-refractivity contribution is 0.411. The second-order valence-corrected chi connectivity index (χ2v) is 5.19. The van der Waals surface area contributed by atoms with Crippen LogP contribution in [0.15, 0.2) is 18.2 Å². The Bertz CT molecular complexity index is 638. The maximum Gasteiger partial charge on any atom is 0.131 e. The number of rotatable bonds is 5. The quantitative estimate of drug-likeness (QED) is 0.908. The molecule has 0 amide bonds. The van der Waals surface area contributed by atoms with Gasteiger partial charge in [0.1, 0.15) is 17.4 Å². The number of hydrogen-bond acceptors (Lipinski definition) is 4. The summed E-state index contributed by atoms with van der Waals surface area (Å²) in [7, 11) is 3.58. The summed E-state index contributed by atoms with van der Waals surface area (Å²) in [5, 5.41) is 3.12. The maximum absolute atomic E-state index is 5.38. The Morgan fingerprint density at radius 3 is 2.48 bits per heavy atom. The third-order valence-electron chi connectivity index (χ3n) is 3.52. The zero-order chi connectivity index (χ0) is 15.4. The van der Waals surface area contributed by atoms with Crippen LogP contribution >= 0.6 is 0 Å². The maximum atomic E-state index is 5.38.